The molecule has 98 valence electrons. The maximum atomic E-state index is 11.7. The van der Waals surface area contributed by atoms with Crippen molar-refractivity contribution < 1.29 is 14.0 Å². The number of furan rings is 1. The highest BCUT2D eigenvalue weighted by atomic mass is 32.2. The van der Waals surface area contributed by atoms with Gasteiger partial charge in [0, 0.05) is 11.4 Å². The van der Waals surface area contributed by atoms with E-state index in [1.165, 1.54) is 17.8 Å². The Morgan fingerprint density at radius 3 is 2.89 bits per heavy atom. The second-order valence-corrected chi connectivity index (χ2v) is 4.97. The fourth-order valence-corrected chi connectivity index (χ4v) is 2.06. The zero-order valence-corrected chi connectivity index (χ0v) is 11.2. The van der Waals surface area contributed by atoms with Gasteiger partial charge >= 0.3 is 6.03 Å². The molecule has 1 atom stereocenters. The lowest BCUT2D eigenvalue weighted by Gasteiger charge is -2.10. The Kier molecular flexibility index (Phi) is 5.51. The molecule has 1 rings (SSSR count). The van der Waals surface area contributed by atoms with Crippen LogP contribution in [0, 0.1) is 6.92 Å². The molecule has 0 fully saturated rings. The first-order valence-corrected chi connectivity index (χ1v) is 6.33. The average Bonchev–Trinajstić information content (AvgIpc) is 2.72. The van der Waals surface area contributed by atoms with E-state index in [9.17, 15) is 9.59 Å². The molecule has 0 aliphatic rings. The van der Waals surface area contributed by atoms with Crippen LogP contribution in [-0.4, -0.2) is 23.7 Å². The highest BCUT2D eigenvalue weighted by Crippen LogP contribution is 2.27. The number of amides is 3. The van der Waals surface area contributed by atoms with Gasteiger partial charge in [0.1, 0.15) is 5.76 Å². The molecule has 0 unspecified atom stereocenters. The molecule has 0 aliphatic heterocycles. The molecule has 1 aromatic heterocycles. The minimum absolute atomic E-state index is 0.321. The van der Waals surface area contributed by atoms with Gasteiger partial charge in [-0.2, -0.15) is 0 Å². The highest BCUT2D eigenvalue weighted by Gasteiger charge is 2.18. The molecule has 1 aromatic rings. The first-order chi connectivity index (χ1) is 8.54. The third-order valence-electron chi connectivity index (χ3n) is 2.13. The van der Waals surface area contributed by atoms with Crippen molar-refractivity contribution in [2.24, 2.45) is 0 Å². The molecule has 0 aromatic carbocycles. The Morgan fingerprint density at radius 1 is 1.61 bits per heavy atom. The predicted octanol–water partition coefficient (Wildman–Crippen LogP) is 2.08. The monoisotopic (exact) mass is 268 g/mol. The lowest BCUT2D eigenvalue weighted by molar-refractivity contribution is -0.119. The van der Waals surface area contributed by atoms with Gasteiger partial charge in [0.25, 0.3) is 0 Å². The summed E-state index contributed by atoms with van der Waals surface area (Å²) in [7, 11) is 0. The van der Waals surface area contributed by atoms with Gasteiger partial charge in [-0.15, -0.1) is 18.3 Å². The molecular weight excluding hydrogens is 252 g/mol. The SMILES string of the molecule is C=CCNC(=O)NC(=O)[C@H](C)Sc1ccoc1C. The van der Waals surface area contributed by atoms with E-state index in [4.69, 9.17) is 4.42 Å². The Balaban J connectivity index is 2.44. The molecule has 0 aliphatic carbocycles. The maximum Gasteiger partial charge on any atom is 0.321 e. The number of nitrogens with one attached hydrogen (secondary N) is 2. The summed E-state index contributed by atoms with van der Waals surface area (Å²) in [6.07, 6.45) is 3.11. The van der Waals surface area contributed by atoms with Crippen LogP contribution in [0.4, 0.5) is 4.79 Å². The number of urea groups is 1. The number of imide groups is 1. The van der Waals surface area contributed by atoms with Crippen LogP contribution >= 0.6 is 11.8 Å². The summed E-state index contributed by atoms with van der Waals surface area (Å²) in [5, 5.41) is 4.35. The van der Waals surface area contributed by atoms with Crippen LogP contribution < -0.4 is 10.6 Å². The van der Waals surface area contributed by atoms with Crippen molar-refractivity contribution in [1.82, 2.24) is 10.6 Å². The molecule has 0 radical (unpaired) electrons. The third kappa shape index (κ3) is 4.29. The molecule has 0 spiro atoms. The van der Waals surface area contributed by atoms with Crippen LogP contribution in [-0.2, 0) is 4.79 Å². The fourth-order valence-electron chi connectivity index (χ4n) is 1.16. The lowest BCUT2D eigenvalue weighted by atomic mass is 10.4. The number of hydrogen-bond donors (Lipinski definition) is 2. The molecule has 18 heavy (non-hydrogen) atoms. The molecule has 6 heteroatoms. The second kappa shape index (κ2) is 6.90. The van der Waals surface area contributed by atoms with Crippen LogP contribution in [0.5, 0.6) is 0 Å². The minimum atomic E-state index is -0.517. The van der Waals surface area contributed by atoms with E-state index in [2.05, 4.69) is 17.2 Å². The quantitative estimate of drug-likeness (QED) is 0.633. The van der Waals surface area contributed by atoms with Gasteiger partial charge in [-0.25, -0.2) is 4.79 Å². The van der Waals surface area contributed by atoms with Gasteiger partial charge in [0.15, 0.2) is 0 Å². The standard InChI is InChI=1S/C12H16N2O3S/c1-4-6-13-12(16)14-11(15)9(3)18-10-5-7-17-8(10)2/h4-5,7,9H,1,6H2,2-3H3,(H2,13,14,15,16)/t9-/m0/s1. The summed E-state index contributed by atoms with van der Waals surface area (Å²) in [5.41, 5.74) is 0. The maximum absolute atomic E-state index is 11.7. The van der Waals surface area contributed by atoms with Crippen LogP contribution in [0.2, 0.25) is 0 Å². The highest BCUT2D eigenvalue weighted by molar-refractivity contribution is 8.00. The minimum Gasteiger partial charge on any atom is -0.468 e. The third-order valence-corrected chi connectivity index (χ3v) is 3.37. The summed E-state index contributed by atoms with van der Waals surface area (Å²) >= 11 is 1.34. The number of aryl methyl sites for hydroxylation is 1. The molecule has 0 saturated heterocycles. The number of rotatable bonds is 5. The van der Waals surface area contributed by atoms with E-state index in [-0.39, 0.29) is 11.2 Å². The number of carbonyl (C=O) groups is 2. The van der Waals surface area contributed by atoms with Crippen LogP contribution in [0.3, 0.4) is 0 Å². The van der Waals surface area contributed by atoms with Crippen molar-refractivity contribution in [3.8, 4) is 0 Å². The predicted molar refractivity (Wildman–Crippen MR) is 70.5 cm³/mol. The molecule has 5 nitrogen and oxygen atoms in total. The average molecular weight is 268 g/mol. The van der Waals surface area contributed by atoms with Crippen molar-refractivity contribution in [3.63, 3.8) is 0 Å². The van der Waals surface area contributed by atoms with Crippen LogP contribution in [0.25, 0.3) is 0 Å². The van der Waals surface area contributed by atoms with Crippen LogP contribution in [0.1, 0.15) is 12.7 Å². The normalized spacial score (nSPS) is 11.7. The molecule has 0 bridgehead atoms. The number of thioether (sulfide) groups is 1. The molecular formula is C12H16N2O3S. The zero-order valence-electron chi connectivity index (χ0n) is 10.4. The van der Waals surface area contributed by atoms with Gasteiger partial charge in [-0.1, -0.05) is 6.08 Å². The van der Waals surface area contributed by atoms with Crippen molar-refractivity contribution >= 4 is 23.7 Å². The molecule has 1 heterocycles. The van der Waals surface area contributed by atoms with Gasteiger partial charge in [0.2, 0.25) is 5.91 Å². The summed E-state index contributed by atoms with van der Waals surface area (Å²) in [5.74, 6) is 0.415. The lowest BCUT2D eigenvalue weighted by Crippen LogP contribution is -2.42. The van der Waals surface area contributed by atoms with Crippen molar-refractivity contribution in [3.05, 3.63) is 30.7 Å². The van der Waals surface area contributed by atoms with Gasteiger partial charge < -0.3 is 9.73 Å². The summed E-state index contributed by atoms with van der Waals surface area (Å²) in [4.78, 5) is 23.9. The van der Waals surface area contributed by atoms with Gasteiger partial charge in [-0.05, 0) is 19.9 Å². The number of carbonyl (C=O) groups excluding carboxylic acids is 2. The van der Waals surface area contributed by atoms with Crippen LogP contribution in [0.15, 0.2) is 34.3 Å². The summed E-state index contributed by atoms with van der Waals surface area (Å²) in [6, 6.07) is 1.28. The van der Waals surface area contributed by atoms with E-state index in [0.29, 0.717) is 6.54 Å². The van der Waals surface area contributed by atoms with Crippen molar-refractivity contribution in [2.45, 2.75) is 24.0 Å². The Morgan fingerprint density at radius 2 is 2.33 bits per heavy atom. The van der Waals surface area contributed by atoms with E-state index < -0.39 is 6.03 Å². The Bertz CT molecular complexity index is 442. The second-order valence-electron chi connectivity index (χ2n) is 3.59. The largest absolute Gasteiger partial charge is 0.468 e. The fraction of sp³-hybridized carbons (Fsp3) is 0.333. The molecule has 3 amide bonds. The van der Waals surface area contributed by atoms with E-state index in [1.54, 1.807) is 19.3 Å². The first kappa shape index (κ1) is 14.4. The summed E-state index contributed by atoms with van der Waals surface area (Å²) in [6.45, 7) is 7.34. The van der Waals surface area contributed by atoms with Gasteiger partial charge in [-0.3, -0.25) is 10.1 Å². The smallest absolute Gasteiger partial charge is 0.321 e. The summed E-state index contributed by atoms with van der Waals surface area (Å²) < 4.78 is 5.14. The van der Waals surface area contributed by atoms with Crippen molar-refractivity contribution in [1.29, 1.82) is 0 Å². The van der Waals surface area contributed by atoms with Gasteiger partial charge in [0.05, 0.1) is 11.5 Å². The van der Waals surface area contributed by atoms with Crippen molar-refractivity contribution in [2.75, 3.05) is 6.54 Å². The number of hydrogen-bond acceptors (Lipinski definition) is 4. The Labute approximate surface area is 110 Å². The van der Waals surface area contributed by atoms with E-state index in [1.807, 2.05) is 6.92 Å². The van der Waals surface area contributed by atoms with E-state index in [0.717, 1.165) is 10.7 Å². The Hall–Kier alpha value is -1.69. The molecule has 0 saturated carbocycles. The first-order valence-electron chi connectivity index (χ1n) is 5.45. The molecule has 2 N–H and O–H groups in total. The van der Waals surface area contributed by atoms with E-state index >= 15 is 0 Å². The topological polar surface area (TPSA) is 71.3 Å². The zero-order chi connectivity index (χ0) is 13.5.